The predicted octanol–water partition coefficient (Wildman–Crippen LogP) is 2.32. The Hall–Kier alpha value is -2.99. The van der Waals surface area contributed by atoms with Crippen LogP contribution in [0.15, 0.2) is 35.3 Å². The Labute approximate surface area is 181 Å². The molecule has 4 heterocycles. The summed E-state index contributed by atoms with van der Waals surface area (Å²) in [5.74, 6) is -2.57. The Kier molecular flexibility index (Phi) is 7.14. The highest BCUT2D eigenvalue weighted by atomic mass is 19.4. The van der Waals surface area contributed by atoms with Gasteiger partial charge in [0.15, 0.2) is 12.1 Å². The average molecular weight is 457 g/mol. The van der Waals surface area contributed by atoms with Crippen LogP contribution in [0.25, 0.3) is 0 Å². The molecule has 2 aromatic heterocycles. The number of alkyl halides is 3. The monoisotopic (exact) mass is 457 g/mol. The lowest BCUT2D eigenvalue weighted by molar-refractivity contribution is -0.192. The zero-order valence-corrected chi connectivity index (χ0v) is 17.2. The number of aromatic nitrogens is 2. The first-order valence-corrected chi connectivity index (χ1v) is 9.66. The third kappa shape index (κ3) is 5.62. The molecule has 174 valence electrons. The number of hydrogen-bond donors (Lipinski definition) is 1. The van der Waals surface area contributed by atoms with Gasteiger partial charge in [0.2, 0.25) is 0 Å². The van der Waals surface area contributed by atoms with Gasteiger partial charge >= 0.3 is 12.1 Å². The van der Waals surface area contributed by atoms with E-state index in [9.17, 15) is 18.0 Å². The average Bonchev–Trinajstić information content (AvgIpc) is 3.43. The molecule has 0 radical (unpaired) electrons. The Bertz CT molecular complexity index is 937. The fraction of sp³-hybridized carbons (Fsp3) is 0.500. The number of fused-ring (bicyclic) bond motifs is 1. The molecule has 2 atom stereocenters. The lowest BCUT2D eigenvalue weighted by atomic mass is 9.82. The van der Waals surface area contributed by atoms with Crippen LogP contribution in [-0.4, -0.2) is 70.9 Å². The fourth-order valence-electron chi connectivity index (χ4n) is 3.71. The van der Waals surface area contributed by atoms with E-state index in [-0.39, 0.29) is 17.2 Å². The van der Waals surface area contributed by atoms with Crippen molar-refractivity contribution < 1.29 is 41.8 Å². The maximum atomic E-state index is 12.5. The molecule has 0 bridgehead atoms. The second-order valence-corrected chi connectivity index (χ2v) is 7.70. The van der Waals surface area contributed by atoms with Crippen LogP contribution in [-0.2, 0) is 20.9 Å². The number of aliphatic carboxylic acids is 1. The maximum absolute atomic E-state index is 12.5. The highest BCUT2D eigenvalue weighted by Gasteiger charge is 2.52. The Balaban J connectivity index is 0.000000360. The third-order valence-corrected chi connectivity index (χ3v) is 5.29. The molecule has 9 nitrogen and oxygen atoms in total. The molecule has 2 fully saturated rings. The van der Waals surface area contributed by atoms with E-state index in [1.807, 2.05) is 30.0 Å². The van der Waals surface area contributed by atoms with Gasteiger partial charge in [-0.15, -0.1) is 0 Å². The molecule has 1 N–H and O–H groups in total. The van der Waals surface area contributed by atoms with Crippen LogP contribution < -0.4 is 0 Å². The molecule has 2 saturated heterocycles. The van der Waals surface area contributed by atoms with Gasteiger partial charge in [-0.2, -0.15) is 13.2 Å². The maximum Gasteiger partial charge on any atom is 0.490 e. The summed E-state index contributed by atoms with van der Waals surface area (Å²) >= 11 is 0. The van der Waals surface area contributed by atoms with Crippen molar-refractivity contribution in [1.29, 1.82) is 0 Å². The molecule has 12 heteroatoms. The van der Waals surface area contributed by atoms with Crippen molar-refractivity contribution in [2.45, 2.75) is 19.7 Å². The number of pyridine rings is 1. The normalized spacial score (nSPS) is 22.2. The van der Waals surface area contributed by atoms with E-state index in [1.54, 1.807) is 0 Å². The molecule has 0 spiro atoms. The number of carboxylic acid groups (broad SMARTS) is 1. The first-order chi connectivity index (χ1) is 15.1. The quantitative estimate of drug-likeness (QED) is 0.728. The van der Waals surface area contributed by atoms with Gasteiger partial charge in [0.25, 0.3) is 5.91 Å². The van der Waals surface area contributed by atoms with Crippen LogP contribution in [0.4, 0.5) is 13.2 Å². The number of amides is 1. The molecule has 0 saturated carbocycles. The van der Waals surface area contributed by atoms with Crippen LogP contribution in [0.1, 0.15) is 21.9 Å². The number of hydrogen-bond acceptors (Lipinski definition) is 7. The molecule has 2 aromatic rings. The minimum atomic E-state index is -5.08. The van der Waals surface area contributed by atoms with E-state index in [0.29, 0.717) is 45.2 Å². The SMILES string of the molecule is Cc1cccc(COC[C@]23COC[C@H]2CN(C(=O)c2cocn2)C3)n1.O=C(O)C(F)(F)F. The van der Waals surface area contributed by atoms with Crippen LogP contribution in [0.5, 0.6) is 0 Å². The van der Waals surface area contributed by atoms with Crippen molar-refractivity contribution in [3.8, 4) is 0 Å². The first kappa shape index (κ1) is 23.7. The van der Waals surface area contributed by atoms with Gasteiger partial charge in [-0.1, -0.05) is 6.07 Å². The first-order valence-electron chi connectivity index (χ1n) is 9.66. The number of carbonyl (C=O) groups is 2. The molecule has 32 heavy (non-hydrogen) atoms. The number of ether oxygens (including phenoxy) is 2. The summed E-state index contributed by atoms with van der Waals surface area (Å²) in [5.41, 5.74) is 2.09. The third-order valence-electron chi connectivity index (χ3n) is 5.29. The standard InChI is InChI=1S/C18H21N3O4.C2HF3O2/c1-13-3-2-4-15(20-13)7-24-11-18-9-21(5-14(18)6-23-10-18)17(22)16-8-25-12-19-16;3-2(4,5)1(6)7/h2-4,8,12,14H,5-7,9-11H2,1H3;(H,6,7)/t14-,18+;/m1./s1. The number of nitrogens with zero attached hydrogens (tertiary/aromatic N) is 3. The van der Waals surface area contributed by atoms with Gasteiger partial charge in [0.1, 0.15) is 6.26 Å². The van der Waals surface area contributed by atoms with Gasteiger partial charge in [-0.05, 0) is 19.1 Å². The number of aryl methyl sites for hydroxylation is 1. The van der Waals surface area contributed by atoms with Gasteiger partial charge < -0.3 is 23.9 Å². The molecular formula is C20H22F3N3O6. The lowest BCUT2D eigenvalue weighted by Crippen LogP contribution is -2.37. The summed E-state index contributed by atoms with van der Waals surface area (Å²) in [5, 5.41) is 7.12. The van der Waals surface area contributed by atoms with Crippen LogP contribution in [0.3, 0.4) is 0 Å². The lowest BCUT2D eigenvalue weighted by Gasteiger charge is -2.26. The Morgan fingerprint density at radius 1 is 1.38 bits per heavy atom. The van der Waals surface area contributed by atoms with Crippen molar-refractivity contribution in [2.75, 3.05) is 32.9 Å². The van der Waals surface area contributed by atoms with Crippen LogP contribution in [0, 0.1) is 18.3 Å². The highest BCUT2D eigenvalue weighted by molar-refractivity contribution is 5.92. The molecule has 2 aliphatic heterocycles. The Morgan fingerprint density at radius 2 is 2.12 bits per heavy atom. The van der Waals surface area contributed by atoms with E-state index in [0.717, 1.165) is 11.4 Å². The number of likely N-dealkylation sites (tertiary alicyclic amines) is 1. The number of rotatable bonds is 5. The minimum absolute atomic E-state index is 0.0946. The van der Waals surface area contributed by atoms with Gasteiger partial charge in [-0.25, -0.2) is 9.78 Å². The topological polar surface area (TPSA) is 115 Å². The molecule has 0 aliphatic carbocycles. The van der Waals surface area contributed by atoms with E-state index >= 15 is 0 Å². The second kappa shape index (κ2) is 9.65. The smallest absolute Gasteiger partial charge is 0.475 e. The van der Waals surface area contributed by atoms with Crippen molar-refractivity contribution >= 4 is 11.9 Å². The van der Waals surface area contributed by atoms with E-state index in [4.69, 9.17) is 23.8 Å². The summed E-state index contributed by atoms with van der Waals surface area (Å²) in [6.07, 6.45) is -2.42. The summed E-state index contributed by atoms with van der Waals surface area (Å²) in [6.45, 7) is 5.54. The number of halogens is 3. The second-order valence-electron chi connectivity index (χ2n) is 7.70. The number of carboxylic acids is 1. The fourth-order valence-corrected chi connectivity index (χ4v) is 3.71. The van der Waals surface area contributed by atoms with Crippen molar-refractivity contribution in [3.63, 3.8) is 0 Å². The molecule has 0 aromatic carbocycles. The van der Waals surface area contributed by atoms with Crippen LogP contribution in [0.2, 0.25) is 0 Å². The zero-order valence-electron chi connectivity index (χ0n) is 17.2. The summed E-state index contributed by atoms with van der Waals surface area (Å²) in [6, 6.07) is 5.91. The number of carbonyl (C=O) groups excluding carboxylic acids is 1. The summed E-state index contributed by atoms with van der Waals surface area (Å²) in [4.78, 5) is 31.7. The number of oxazole rings is 1. The Morgan fingerprint density at radius 3 is 2.75 bits per heavy atom. The molecule has 1 amide bonds. The van der Waals surface area contributed by atoms with Gasteiger partial charge in [0, 0.05) is 30.1 Å². The molecule has 2 aliphatic rings. The van der Waals surface area contributed by atoms with E-state index in [2.05, 4.69) is 9.97 Å². The van der Waals surface area contributed by atoms with Gasteiger partial charge in [-0.3, -0.25) is 9.78 Å². The minimum Gasteiger partial charge on any atom is -0.475 e. The van der Waals surface area contributed by atoms with Crippen molar-refractivity contribution in [1.82, 2.24) is 14.9 Å². The highest BCUT2D eigenvalue weighted by Crippen LogP contribution is 2.42. The summed E-state index contributed by atoms with van der Waals surface area (Å²) < 4.78 is 48.3. The van der Waals surface area contributed by atoms with E-state index in [1.165, 1.54) is 12.7 Å². The van der Waals surface area contributed by atoms with Crippen LogP contribution >= 0.6 is 0 Å². The molecule has 4 rings (SSSR count). The van der Waals surface area contributed by atoms with E-state index < -0.39 is 12.1 Å². The molecular weight excluding hydrogens is 435 g/mol. The zero-order chi connectivity index (χ0) is 23.4. The predicted molar refractivity (Wildman–Crippen MR) is 101 cm³/mol. The summed E-state index contributed by atoms with van der Waals surface area (Å²) in [7, 11) is 0. The van der Waals surface area contributed by atoms with Crippen molar-refractivity contribution in [3.05, 3.63) is 47.9 Å². The largest absolute Gasteiger partial charge is 0.490 e. The molecule has 0 unspecified atom stereocenters. The van der Waals surface area contributed by atoms with Gasteiger partial charge in [0.05, 0.1) is 32.1 Å². The van der Waals surface area contributed by atoms with Crippen molar-refractivity contribution in [2.24, 2.45) is 11.3 Å².